The third-order valence-electron chi connectivity index (χ3n) is 3.87. The highest BCUT2D eigenvalue weighted by molar-refractivity contribution is 14.0. The van der Waals surface area contributed by atoms with Gasteiger partial charge in [-0.15, -0.1) is 24.0 Å². The Morgan fingerprint density at radius 3 is 2.41 bits per heavy atom. The molecule has 0 aliphatic carbocycles. The van der Waals surface area contributed by atoms with Crippen LogP contribution in [0.4, 0.5) is 8.78 Å². The van der Waals surface area contributed by atoms with E-state index in [4.69, 9.17) is 9.47 Å². The van der Waals surface area contributed by atoms with Crippen LogP contribution >= 0.6 is 24.0 Å². The minimum absolute atomic E-state index is 0. The number of benzene rings is 2. The number of hydrogen-bond donors (Lipinski definition) is 2. The lowest BCUT2D eigenvalue weighted by Gasteiger charge is -2.14. The summed E-state index contributed by atoms with van der Waals surface area (Å²) in [5, 5.41) is 6.34. The fraction of sp³-hybridized carbons (Fsp3) is 0.350. The van der Waals surface area contributed by atoms with Gasteiger partial charge >= 0.3 is 6.61 Å². The summed E-state index contributed by atoms with van der Waals surface area (Å²) >= 11 is 0. The normalized spacial score (nSPS) is 10.9. The number of nitrogens with one attached hydrogen (secondary N) is 2. The van der Waals surface area contributed by atoms with Crippen molar-refractivity contribution in [1.82, 2.24) is 10.6 Å². The quantitative estimate of drug-likeness (QED) is 0.295. The Hall–Kier alpha value is -2.30. The van der Waals surface area contributed by atoms with Crippen molar-refractivity contribution in [3.63, 3.8) is 0 Å². The maximum absolute atomic E-state index is 12.7. The molecule has 2 aromatic rings. The van der Waals surface area contributed by atoms with E-state index in [0.29, 0.717) is 30.4 Å². The van der Waals surface area contributed by atoms with Gasteiger partial charge in [0.15, 0.2) is 5.96 Å². The molecule has 6 nitrogen and oxygen atoms in total. The number of para-hydroxylation sites is 1. The SMILES string of the molecule is CCNC(=NCc1cc(OC)ccc1OC(F)F)NCc1ccccc1OC.I. The number of ether oxygens (including phenoxy) is 3. The Labute approximate surface area is 186 Å². The summed E-state index contributed by atoms with van der Waals surface area (Å²) < 4.78 is 40.4. The van der Waals surface area contributed by atoms with Gasteiger partial charge in [-0.25, -0.2) is 4.99 Å². The van der Waals surface area contributed by atoms with Crippen molar-refractivity contribution in [3.8, 4) is 17.2 Å². The van der Waals surface area contributed by atoms with Gasteiger partial charge in [-0.1, -0.05) is 18.2 Å². The molecule has 2 N–H and O–H groups in total. The largest absolute Gasteiger partial charge is 0.497 e. The first-order valence-corrected chi connectivity index (χ1v) is 8.83. The number of aliphatic imine (C=N–C) groups is 1. The van der Waals surface area contributed by atoms with Crippen molar-refractivity contribution in [2.75, 3.05) is 20.8 Å². The highest BCUT2D eigenvalue weighted by Gasteiger charge is 2.11. The molecule has 0 spiro atoms. The van der Waals surface area contributed by atoms with Gasteiger partial charge < -0.3 is 24.8 Å². The molecule has 0 unspecified atom stereocenters. The van der Waals surface area contributed by atoms with Crippen LogP contribution in [-0.4, -0.2) is 33.3 Å². The summed E-state index contributed by atoms with van der Waals surface area (Å²) in [5.74, 6) is 1.92. The monoisotopic (exact) mass is 521 g/mol. The molecule has 0 aliphatic heterocycles. The van der Waals surface area contributed by atoms with Gasteiger partial charge in [0.2, 0.25) is 0 Å². The van der Waals surface area contributed by atoms with Gasteiger partial charge in [-0.2, -0.15) is 8.78 Å². The van der Waals surface area contributed by atoms with Gasteiger partial charge in [-0.05, 0) is 31.2 Å². The van der Waals surface area contributed by atoms with Crippen molar-refractivity contribution < 1.29 is 23.0 Å². The summed E-state index contributed by atoms with van der Waals surface area (Å²) in [5.41, 5.74) is 1.47. The summed E-state index contributed by atoms with van der Waals surface area (Å²) in [4.78, 5) is 4.47. The van der Waals surface area contributed by atoms with E-state index >= 15 is 0 Å². The van der Waals surface area contributed by atoms with Crippen LogP contribution in [0.2, 0.25) is 0 Å². The number of hydrogen-bond acceptors (Lipinski definition) is 4. The minimum Gasteiger partial charge on any atom is -0.497 e. The molecule has 0 saturated carbocycles. The second-order valence-corrected chi connectivity index (χ2v) is 5.71. The Morgan fingerprint density at radius 1 is 1.00 bits per heavy atom. The van der Waals surface area contributed by atoms with Crippen LogP contribution in [0.15, 0.2) is 47.5 Å². The first-order valence-electron chi connectivity index (χ1n) is 8.83. The number of nitrogens with zero attached hydrogens (tertiary/aromatic N) is 1. The Morgan fingerprint density at radius 2 is 1.76 bits per heavy atom. The summed E-state index contributed by atoms with van der Waals surface area (Å²) in [6.45, 7) is 0.315. The van der Waals surface area contributed by atoms with Crippen LogP contribution in [0.25, 0.3) is 0 Å². The van der Waals surface area contributed by atoms with Crippen LogP contribution in [0.1, 0.15) is 18.1 Å². The predicted octanol–water partition coefficient (Wildman–Crippen LogP) is 4.18. The minimum atomic E-state index is -2.91. The second-order valence-electron chi connectivity index (χ2n) is 5.71. The molecule has 0 atom stereocenters. The first kappa shape index (κ1) is 24.7. The zero-order chi connectivity index (χ0) is 20.4. The number of guanidine groups is 1. The molecule has 0 amide bonds. The van der Waals surface area contributed by atoms with Gasteiger partial charge in [0, 0.05) is 24.2 Å². The molecule has 0 aromatic heterocycles. The third-order valence-corrected chi connectivity index (χ3v) is 3.87. The molecule has 0 aliphatic rings. The predicted molar refractivity (Wildman–Crippen MR) is 120 cm³/mol. The number of halogens is 3. The maximum atomic E-state index is 12.7. The highest BCUT2D eigenvalue weighted by Crippen LogP contribution is 2.26. The number of methoxy groups -OCH3 is 2. The van der Waals surface area contributed by atoms with Gasteiger partial charge in [0.25, 0.3) is 0 Å². The molecule has 29 heavy (non-hydrogen) atoms. The fourth-order valence-corrected chi connectivity index (χ4v) is 2.55. The highest BCUT2D eigenvalue weighted by atomic mass is 127. The lowest BCUT2D eigenvalue weighted by molar-refractivity contribution is -0.0504. The molecular formula is C20H26F2IN3O3. The molecule has 160 valence electrons. The maximum Gasteiger partial charge on any atom is 0.387 e. The van der Waals surface area contributed by atoms with E-state index < -0.39 is 6.61 Å². The Balaban J connectivity index is 0.00000420. The standard InChI is InChI=1S/C20H25F2N3O3.HI/c1-4-23-20(24-12-14-7-5-6-8-17(14)27-3)25-13-15-11-16(26-2)9-10-18(15)28-19(21)22;/h5-11,19H,4,12-13H2,1-3H3,(H2,23,24,25);1H. The van der Waals surface area contributed by atoms with Gasteiger partial charge in [0.05, 0.1) is 20.8 Å². The Bertz CT molecular complexity index is 791. The number of alkyl halides is 2. The molecule has 2 aromatic carbocycles. The zero-order valence-electron chi connectivity index (χ0n) is 16.6. The fourth-order valence-electron chi connectivity index (χ4n) is 2.55. The molecule has 0 radical (unpaired) electrons. The van der Waals surface area contributed by atoms with Crippen molar-refractivity contribution in [3.05, 3.63) is 53.6 Å². The lowest BCUT2D eigenvalue weighted by Crippen LogP contribution is -2.36. The van der Waals surface area contributed by atoms with Crippen molar-refractivity contribution in [2.45, 2.75) is 26.6 Å². The molecule has 0 heterocycles. The van der Waals surface area contributed by atoms with Crippen LogP contribution < -0.4 is 24.8 Å². The molecule has 0 saturated heterocycles. The van der Waals surface area contributed by atoms with Crippen LogP contribution in [0.5, 0.6) is 17.2 Å². The smallest absolute Gasteiger partial charge is 0.387 e. The van der Waals surface area contributed by atoms with E-state index in [2.05, 4.69) is 20.4 Å². The van der Waals surface area contributed by atoms with Crippen LogP contribution in [-0.2, 0) is 13.1 Å². The van der Waals surface area contributed by atoms with Crippen molar-refractivity contribution >= 4 is 29.9 Å². The van der Waals surface area contributed by atoms with Crippen molar-refractivity contribution in [1.29, 1.82) is 0 Å². The average Bonchev–Trinajstić information content (AvgIpc) is 2.70. The number of rotatable bonds is 9. The summed E-state index contributed by atoms with van der Waals surface area (Å²) in [6, 6.07) is 12.3. The van der Waals surface area contributed by atoms with Gasteiger partial charge in [0.1, 0.15) is 17.2 Å². The molecular weight excluding hydrogens is 495 g/mol. The summed E-state index contributed by atoms with van der Waals surface area (Å²) in [6.07, 6.45) is 0. The summed E-state index contributed by atoms with van der Waals surface area (Å²) in [7, 11) is 3.13. The van der Waals surface area contributed by atoms with E-state index in [0.717, 1.165) is 11.3 Å². The van der Waals surface area contributed by atoms with E-state index in [1.807, 2.05) is 31.2 Å². The lowest BCUT2D eigenvalue weighted by atomic mass is 10.2. The van der Waals surface area contributed by atoms with E-state index in [9.17, 15) is 8.78 Å². The van der Waals surface area contributed by atoms with Crippen LogP contribution in [0.3, 0.4) is 0 Å². The molecule has 0 fully saturated rings. The first-order chi connectivity index (χ1) is 13.6. The third kappa shape index (κ3) is 7.92. The van der Waals surface area contributed by atoms with Gasteiger partial charge in [-0.3, -0.25) is 0 Å². The zero-order valence-corrected chi connectivity index (χ0v) is 18.9. The second kappa shape index (κ2) is 13.0. The molecule has 2 rings (SSSR count). The van der Waals surface area contributed by atoms with Crippen LogP contribution in [0, 0.1) is 0 Å². The Kier molecular flexibility index (Phi) is 11.1. The topological polar surface area (TPSA) is 64.1 Å². The van der Waals surface area contributed by atoms with E-state index in [1.54, 1.807) is 19.2 Å². The molecule has 9 heteroatoms. The molecule has 0 bridgehead atoms. The average molecular weight is 521 g/mol. The van der Waals surface area contributed by atoms with E-state index in [1.165, 1.54) is 13.2 Å². The van der Waals surface area contributed by atoms with Crippen molar-refractivity contribution in [2.24, 2.45) is 4.99 Å². The van der Waals surface area contributed by atoms with E-state index in [-0.39, 0.29) is 36.3 Å².